The molecule has 0 heterocycles. The van der Waals surface area contributed by atoms with Gasteiger partial charge >= 0.3 is 5.97 Å². The number of rotatable bonds is 7. The van der Waals surface area contributed by atoms with Gasteiger partial charge in [0.1, 0.15) is 0 Å². The van der Waals surface area contributed by atoms with Crippen LogP contribution in [0.15, 0.2) is 59.6 Å². The molecule has 6 nitrogen and oxygen atoms in total. The van der Waals surface area contributed by atoms with E-state index in [1.165, 1.54) is 6.08 Å². The molecular weight excluding hydrogens is 318 g/mol. The fourth-order valence-electron chi connectivity index (χ4n) is 2.32. The van der Waals surface area contributed by atoms with Crippen LogP contribution >= 0.6 is 0 Å². The quantitative estimate of drug-likeness (QED) is 0.310. The third kappa shape index (κ3) is 5.95. The number of nitrogens with two attached hydrogens (primary N) is 2. The molecule has 0 atom stereocenters. The van der Waals surface area contributed by atoms with Gasteiger partial charge in [0.2, 0.25) is 0 Å². The molecule has 2 aromatic carbocycles. The van der Waals surface area contributed by atoms with Crippen LogP contribution in [0, 0.1) is 0 Å². The number of hydrogen-bond donors (Lipinski definition) is 3. The number of benzene rings is 2. The summed E-state index contributed by atoms with van der Waals surface area (Å²) in [6, 6.07) is 14.2. The molecule has 0 radical (unpaired) electrons. The standard InChI is InChI=1S/C19H19N3O3/c20-19(21)22-16-6-2-5-15(12-16)17(23)9-7-13-3-1-4-14(11-13)8-10-18(24)25/h1-6,8,10-12H,7,9H2,(H,24,25)(H4,20,21,22). The summed E-state index contributed by atoms with van der Waals surface area (Å²) in [5, 5.41) is 8.67. The topological polar surface area (TPSA) is 119 Å². The maximum absolute atomic E-state index is 12.4. The highest BCUT2D eigenvalue weighted by atomic mass is 16.4. The number of hydrogen-bond acceptors (Lipinski definition) is 3. The zero-order chi connectivity index (χ0) is 18.2. The van der Waals surface area contributed by atoms with Gasteiger partial charge in [-0.1, -0.05) is 36.4 Å². The molecule has 6 heteroatoms. The summed E-state index contributed by atoms with van der Waals surface area (Å²) in [5.74, 6) is -1.07. The first-order chi connectivity index (χ1) is 11.9. The fourth-order valence-corrected chi connectivity index (χ4v) is 2.32. The lowest BCUT2D eigenvalue weighted by Crippen LogP contribution is -2.21. The minimum Gasteiger partial charge on any atom is -0.478 e. The molecule has 0 aliphatic carbocycles. The maximum atomic E-state index is 12.4. The van der Waals surface area contributed by atoms with E-state index in [0.29, 0.717) is 24.1 Å². The van der Waals surface area contributed by atoms with Gasteiger partial charge in [-0.25, -0.2) is 9.79 Å². The van der Waals surface area contributed by atoms with Gasteiger partial charge in [-0.05, 0) is 35.8 Å². The average Bonchev–Trinajstić information content (AvgIpc) is 2.58. The molecular formula is C19H19N3O3. The SMILES string of the molecule is NC(N)=Nc1cccc(C(=O)CCc2cccc(C=CC(=O)O)c2)c1. The molecule has 0 bridgehead atoms. The molecule has 0 saturated heterocycles. The Kier molecular flexibility index (Phi) is 6.06. The van der Waals surface area contributed by atoms with Crippen LogP contribution in [0.1, 0.15) is 27.9 Å². The molecule has 0 spiro atoms. The van der Waals surface area contributed by atoms with Crippen molar-refractivity contribution in [2.45, 2.75) is 12.8 Å². The molecule has 2 rings (SSSR count). The first-order valence-electron chi connectivity index (χ1n) is 7.67. The minimum atomic E-state index is -0.999. The summed E-state index contributed by atoms with van der Waals surface area (Å²) < 4.78 is 0. The molecule has 0 amide bonds. The van der Waals surface area contributed by atoms with Crippen molar-refractivity contribution < 1.29 is 14.7 Å². The van der Waals surface area contributed by atoms with E-state index in [-0.39, 0.29) is 11.7 Å². The smallest absolute Gasteiger partial charge is 0.328 e. The summed E-state index contributed by atoms with van der Waals surface area (Å²) in [4.78, 5) is 26.9. The Hall–Kier alpha value is -3.41. The van der Waals surface area contributed by atoms with E-state index in [2.05, 4.69) is 4.99 Å². The second-order valence-corrected chi connectivity index (χ2v) is 5.43. The highest BCUT2D eigenvalue weighted by Gasteiger charge is 2.07. The number of Topliss-reactive ketones (excluding diaryl/α,β-unsaturated/α-hetero) is 1. The number of carboxylic acid groups (broad SMARTS) is 1. The number of aliphatic imine (C=N–C) groups is 1. The summed E-state index contributed by atoms with van der Waals surface area (Å²) in [6.45, 7) is 0. The van der Waals surface area contributed by atoms with Gasteiger partial charge in [0.25, 0.3) is 0 Å². The van der Waals surface area contributed by atoms with Crippen molar-refractivity contribution in [3.05, 3.63) is 71.3 Å². The molecule has 0 aliphatic heterocycles. The van der Waals surface area contributed by atoms with Crippen molar-refractivity contribution in [1.82, 2.24) is 0 Å². The molecule has 0 aliphatic rings. The average molecular weight is 337 g/mol. The highest BCUT2D eigenvalue weighted by Crippen LogP contribution is 2.17. The van der Waals surface area contributed by atoms with Gasteiger partial charge in [0.15, 0.2) is 11.7 Å². The van der Waals surface area contributed by atoms with Gasteiger partial charge in [-0.15, -0.1) is 0 Å². The van der Waals surface area contributed by atoms with E-state index in [1.807, 2.05) is 24.3 Å². The zero-order valence-corrected chi connectivity index (χ0v) is 13.6. The predicted octanol–water partition coefficient (Wildman–Crippen LogP) is 2.50. The van der Waals surface area contributed by atoms with E-state index >= 15 is 0 Å². The Balaban J connectivity index is 2.04. The molecule has 5 N–H and O–H groups in total. The molecule has 0 aromatic heterocycles. The van der Waals surface area contributed by atoms with Crippen molar-refractivity contribution in [1.29, 1.82) is 0 Å². The molecule has 0 fully saturated rings. The lowest BCUT2D eigenvalue weighted by Gasteiger charge is -2.04. The monoisotopic (exact) mass is 337 g/mol. The van der Waals surface area contributed by atoms with Crippen molar-refractivity contribution >= 4 is 29.5 Å². The van der Waals surface area contributed by atoms with Crippen LogP contribution in [0.5, 0.6) is 0 Å². The third-order valence-electron chi connectivity index (χ3n) is 3.44. The number of carbonyl (C=O) groups is 2. The first-order valence-corrected chi connectivity index (χ1v) is 7.67. The van der Waals surface area contributed by atoms with E-state index < -0.39 is 5.97 Å². The van der Waals surface area contributed by atoms with Crippen molar-refractivity contribution in [2.24, 2.45) is 16.5 Å². The largest absolute Gasteiger partial charge is 0.478 e. The number of nitrogens with zero attached hydrogens (tertiary/aromatic N) is 1. The Morgan fingerprint density at radius 2 is 1.84 bits per heavy atom. The van der Waals surface area contributed by atoms with E-state index in [9.17, 15) is 9.59 Å². The number of aliphatic carboxylic acids is 1. The van der Waals surface area contributed by atoms with Crippen LogP contribution in [-0.2, 0) is 11.2 Å². The van der Waals surface area contributed by atoms with Crippen LogP contribution in [0.25, 0.3) is 6.08 Å². The Morgan fingerprint density at radius 3 is 2.56 bits per heavy atom. The van der Waals surface area contributed by atoms with Gasteiger partial charge in [-0.2, -0.15) is 0 Å². The first kappa shape index (κ1) is 17.9. The Labute approximate surface area is 145 Å². The molecule has 128 valence electrons. The van der Waals surface area contributed by atoms with E-state index in [1.54, 1.807) is 24.3 Å². The lowest BCUT2D eigenvalue weighted by atomic mass is 10.0. The Morgan fingerprint density at radius 1 is 1.08 bits per heavy atom. The summed E-state index contributed by atoms with van der Waals surface area (Å²) >= 11 is 0. The number of ketones is 1. The lowest BCUT2D eigenvalue weighted by molar-refractivity contribution is -0.131. The highest BCUT2D eigenvalue weighted by molar-refractivity contribution is 5.97. The van der Waals surface area contributed by atoms with Crippen molar-refractivity contribution in [2.75, 3.05) is 0 Å². The number of carboxylic acids is 1. The zero-order valence-electron chi connectivity index (χ0n) is 13.6. The molecule has 2 aromatic rings. The van der Waals surface area contributed by atoms with E-state index in [0.717, 1.165) is 17.2 Å². The summed E-state index contributed by atoms with van der Waals surface area (Å²) in [7, 11) is 0. The normalized spacial score (nSPS) is 10.6. The number of guanidine groups is 1. The second kappa shape index (κ2) is 8.44. The molecule has 0 saturated carbocycles. The fraction of sp³-hybridized carbons (Fsp3) is 0.105. The van der Waals surface area contributed by atoms with Gasteiger partial charge in [-0.3, -0.25) is 4.79 Å². The van der Waals surface area contributed by atoms with E-state index in [4.69, 9.17) is 16.6 Å². The van der Waals surface area contributed by atoms with Crippen LogP contribution in [0.2, 0.25) is 0 Å². The number of carbonyl (C=O) groups excluding carboxylic acids is 1. The van der Waals surface area contributed by atoms with Crippen LogP contribution in [-0.4, -0.2) is 22.8 Å². The Bertz CT molecular complexity index is 837. The minimum absolute atomic E-state index is 0.0147. The molecule has 0 unspecified atom stereocenters. The van der Waals surface area contributed by atoms with Crippen molar-refractivity contribution in [3.8, 4) is 0 Å². The van der Waals surface area contributed by atoms with Crippen molar-refractivity contribution in [3.63, 3.8) is 0 Å². The summed E-state index contributed by atoms with van der Waals surface area (Å²) in [5.41, 5.74) is 13.5. The molecule has 25 heavy (non-hydrogen) atoms. The van der Waals surface area contributed by atoms with Gasteiger partial charge in [0.05, 0.1) is 5.69 Å². The third-order valence-corrected chi connectivity index (χ3v) is 3.44. The summed E-state index contributed by atoms with van der Waals surface area (Å²) in [6.07, 6.45) is 3.49. The van der Waals surface area contributed by atoms with Gasteiger partial charge < -0.3 is 16.6 Å². The van der Waals surface area contributed by atoms with Gasteiger partial charge in [0, 0.05) is 18.1 Å². The van der Waals surface area contributed by atoms with Crippen LogP contribution < -0.4 is 11.5 Å². The predicted molar refractivity (Wildman–Crippen MR) is 97.7 cm³/mol. The second-order valence-electron chi connectivity index (χ2n) is 5.43. The number of aryl methyl sites for hydroxylation is 1. The maximum Gasteiger partial charge on any atom is 0.328 e. The van der Waals surface area contributed by atoms with Crippen LogP contribution in [0.4, 0.5) is 5.69 Å². The van der Waals surface area contributed by atoms with Crippen LogP contribution in [0.3, 0.4) is 0 Å².